The molecule has 0 aliphatic heterocycles. The van der Waals surface area contributed by atoms with Crippen LogP contribution in [0.3, 0.4) is 0 Å². The summed E-state index contributed by atoms with van der Waals surface area (Å²) in [6, 6.07) is 0. The Labute approximate surface area is 440 Å². The van der Waals surface area contributed by atoms with Crippen LogP contribution in [0.25, 0.3) is 0 Å². The van der Waals surface area contributed by atoms with Crippen LogP contribution in [-0.4, -0.2) is 37.2 Å². The van der Waals surface area contributed by atoms with E-state index in [0.29, 0.717) is 19.3 Å². The predicted octanol–water partition coefficient (Wildman–Crippen LogP) is 20.5. The molecule has 6 nitrogen and oxygen atoms in total. The Morgan fingerprint density at radius 2 is 0.507 bits per heavy atom. The van der Waals surface area contributed by atoms with E-state index < -0.39 is 6.10 Å². The summed E-state index contributed by atoms with van der Waals surface area (Å²) >= 11 is 0. The molecule has 0 fully saturated rings. The van der Waals surface area contributed by atoms with Crippen molar-refractivity contribution in [1.29, 1.82) is 0 Å². The lowest BCUT2D eigenvalue weighted by atomic mass is 10.1. The van der Waals surface area contributed by atoms with E-state index in [4.69, 9.17) is 14.2 Å². The summed E-state index contributed by atoms with van der Waals surface area (Å²) in [5.41, 5.74) is 0. The first-order valence-electron chi connectivity index (χ1n) is 30.4. The lowest BCUT2D eigenvalue weighted by molar-refractivity contribution is -0.167. The van der Waals surface area contributed by atoms with E-state index in [1.54, 1.807) is 0 Å². The lowest BCUT2D eigenvalue weighted by Gasteiger charge is -2.18. The first kappa shape index (κ1) is 67.8. The molecule has 0 bridgehead atoms. The number of rotatable bonds is 55. The maximum absolute atomic E-state index is 12.9. The molecule has 0 radical (unpaired) electrons. The molecule has 0 aromatic carbocycles. The number of ether oxygens (including phenoxy) is 3. The molecule has 0 aromatic heterocycles. The van der Waals surface area contributed by atoms with Crippen molar-refractivity contribution in [1.82, 2.24) is 0 Å². The van der Waals surface area contributed by atoms with Gasteiger partial charge in [-0.05, 0) is 116 Å². The van der Waals surface area contributed by atoms with Gasteiger partial charge in [0.1, 0.15) is 13.2 Å². The van der Waals surface area contributed by atoms with Crippen molar-refractivity contribution in [3.63, 3.8) is 0 Å². The maximum Gasteiger partial charge on any atom is 0.306 e. The average Bonchev–Trinajstić information content (AvgIpc) is 3.37. The smallest absolute Gasteiger partial charge is 0.306 e. The molecular weight excluding hydrogens is 877 g/mol. The minimum Gasteiger partial charge on any atom is -0.462 e. The summed E-state index contributed by atoms with van der Waals surface area (Å²) in [5.74, 6) is -0.891. The van der Waals surface area contributed by atoms with Gasteiger partial charge in [-0.2, -0.15) is 0 Å². The van der Waals surface area contributed by atoms with E-state index in [1.807, 2.05) is 0 Å². The largest absolute Gasteiger partial charge is 0.462 e. The molecule has 71 heavy (non-hydrogen) atoms. The molecule has 0 aliphatic rings. The topological polar surface area (TPSA) is 78.9 Å². The van der Waals surface area contributed by atoms with Crippen LogP contribution >= 0.6 is 0 Å². The molecule has 0 unspecified atom stereocenters. The number of allylic oxidation sites excluding steroid dienone is 12. The Balaban J connectivity index is 4.40. The molecule has 0 heterocycles. The third-order valence-electron chi connectivity index (χ3n) is 13.2. The molecule has 0 N–H and O–H groups in total. The number of hydrogen-bond donors (Lipinski definition) is 0. The maximum atomic E-state index is 12.9. The third kappa shape index (κ3) is 57.6. The molecule has 0 spiro atoms. The van der Waals surface area contributed by atoms with Gasteiger partial charge in [0.05, 0.1) is 0 Å². The van der Waals surface area contributed by atoms with Gasteiger partial charge in [0.2, 0.25) is 0 Å². The second kappa shape index (κ2) is 59.4. The highest BCUT2D eigenvalue weighted by Crippen LogP contribution is 2.15. The van der Waals surface area contributed by atoms with E-state index in [2.05, 4.69) is 93.7 Å². The molecule has 0 amide bonds. The first-order valence-corrected chi connectivity index (χ1v) is 30.4. The zero-order valence-corrected chi connectivity index (χ0v) is 47.0. The van der Waals surface area contributed by atoms with Gasteiger partial charge in [0.15, 0.2) is 6.10 Å². The van der Waals surface area contributed by atoms with Crippen LogP contribution in [-0.2, 0) is 28.6 Å². The minimum atomic E-state index is -0.785. The van der Waals surface area contributed by atoms with Gasteiger partial charge in [-0.25, -0.2) is 0 Å². The van der Waals surface area contributed by atoms with E-state index in [9.17, 15) is 14.4 Å². The van der Waals surface area contributed by atoms with Gasteiger partial charge in [-0.1, -0.05) is 241 Å². The van der Waals surface area contributed by atoms with E-state index in [1.165, 1.54) is 173 Å². The van der Waals surface area contributed by atoms with Crippen LogP contribution < -0.4 is 0 Å². The normalized spacial score (nSPS) is 12.2. The molecule has 0 saturated heterocycles. The van der Waals surface area contributed by atoms with Gasteiger partial charge in [-0.15, -0.1) is 0 Å². The molecule has 410 valence electrons. The van der Waals surface area contributed by atoms with Crippen molar-refractivity contribution in [3.8, 4) is 0 Å². The van der Waals surface area contributed by atoms with Crippen LogP contribution in [0.2, 0.25) is 0 Å². The summed E-state index contributed by atoms with van der Waals surface area (Å²) in [6.45, 7) is 6.58. The van der Waals surface area contributed by atoms with Crippen LogP contribution in [0.5, 0.6) is 0 Å². The van der Waals surface area contributed by atoms with Gasteiger partial charge in [-0.3, -0.25) is 14.4 Å². The fraction of sp³-hybridized carbons (Fsp3) is 0.769. The average molecular weight is 992 g/mol. The molecule has 0 aromatic rings. The zero-order chi connectivity index (χ0) is 51.4. The molecule has 0 atom stereocenters. The highest BCUT2D eigenvalue weighted by molar-refractivity contribution is 5.71. The predicted molar refractivity (Wildman–Crippen MR) is 307 cm³/mol. The number of unbranched alkanes of at least 4 members (excludes halogenated alkanes) is 32. The van der Waals surface area contributed by atoms with E-state index in [0.717, 1.165) is 89.9 Å². The van der Waals surface area contributed by atoms with Crippen LogP contribution in [0.4, 0.5) is 0 Å². The minimum absolute atomic E-state index is 0.0830. The monoisotopic (exact) mass is 991 g/mol. The van der Waals surface area contributed by atoms with Crippen molar-refractivity contribution in [2.75, 3.05) is 13.2 Å². The number of hydrogen-bond acceptors (Lipinski definition) is 6. The summed E-state index contributed by atoms with van der Waals surface area (Å²) in [6.07, 6.45) is 76.0. The van der Waals surface area contributed by atoms with E-state index in [-0.39, 0.29) is 31.1 Å². The second-order valence-corrected chi connectivity index (χ2v) is 20.2. The Hall–Kier alpha value is -3.15. The van der Waals surface area contributed by atoms with Crippen LogP contribution in [0.15, 0.2) is 72.9 Å². The van der Waals surface area contributed by atoms with Crippen molar-refractivity contribution in [2.45, 2.75) is 309 Å². The highest BCUT2D eigenvalue weighted by atomic mass is 16.6. The number of carbonyl (C=O) groups is 3. The first-order chi connectivity index (χ1) is 35.0. The van der Waals surface area contributed by atoms with Crippen molar-refractivity contribution in [2.24, 2.45) is 0 Å². The van der Waals surface area contributed by atoms with Gasteiger partial charge >= 0.3 is 17.9 Å². The van der Waals surface area contributed by atoms with E-state index >= 15 is 0 Å². The second-order valence-electron chi connectivity index (χ2n) is 20.2. The molecule has 0 aliphatic carbocycles. The fourth-order valence-corrected chi connectivity index (χ4v) is 8.53. The Bertz CT molecular complexity index is 1260. The standard InChI is InChI=1S/C65H114O6/c1-4-7-10-13-16-19-22-25-28-31-32-35-38-41-44-47-50-53-56-59-65(68)71-62(60-69-63(66)57-54-51-48-45-42-39-36-33-29-26-23-20-17-14-11-8-5-2)61-70-64(67)58-55-52-49-46-43-40-37-34-30-27-24-21-18-15-12-9-6-3/h16-21,25-30,62H,4-15,22-24,31-61H2,1-3H3/b19-16-,20-17-,21-18-,28-25-,29-26-,30-27-. The summed E-state index contributed by atoms with van der Waals surface area (Å²) in [4.78, 5) is 38.3. The van der Waals surface area contributed by atoms with Crippen molar-refractivity contribution >= 4 is 17.9 Å². The highest BCUT2D eigenvalue weighted by Gasteiger charge is 2.19. The van der Waals surface area contributed by atoms with Crippen molar-refractivity contribution in [3.05, 3.63) is 72.9 Å². The zero-order valence-electron chi connectivity index (χ0n) is 47.0. The van der Waals surface area contributed by atoms with Crippen LogP contribution in [0, 0.1) is 0 Å². The van der Waals surface area contributed by atoms with Crippen molar-refractivity contribution < 1.29 is 28.6 Å². The van der Waals surface area contributed by atoms with Gasteiger partial charge in [0, 0.05) is 19.3 Å². The Morgan fingerprint density at radius 3 is 0.775 bits per heavy atom. The van der Waals surface area contributed by atoms with Gasteiger partial charge in [0.25, 0.3) is 0 Å². The van der Waals surface area contributed by atoms with Crippen LogP contribution in [0.1, 0.15) is 303 Å². The number of carbonyl (C=O) groups excluding carboxylic acids is 3. The summed E-state index contributed by atoms with van der Waals surface area (Å²) in [7, 11) is 0. The number of esters is 3. The molecule has 6 heteroatoms. The SMILES string of the molecule is CCCCC/C=C\C/C=C\CCCCCCCCCCCC(=O)OC(COC(=O)CCCCCCCCC/C=C\C/C=C\CCCCC)COC(=O)CCCCCCCCC/C=C\C/C=C\CCCCC. The lowest BCUT2D eigenvalue weighted by Crippen LogP contribution is -2.30. The Morgan fingerprint density at radius 1 is 0.282 bits per heavy atom. The Kier molecular flexibility index (Phi) is 56.8. The quantitative estimate of drug-likeness (QED) is 0.0261. The molecule has 0 saturated carbocycles. The molecule has 0 rings (SSSR count). The summed E-state index contributed by atoms with van der Waals surface area (Å²) in [5, 5.41) is 0. The van der Waals surface area contributed by atoms with Gasteiger partial charge < -0.3 is 14.2 Å². The third-order valence-corrected chi connectivity index (χ3v) is 13.2. The summed E-state index contributed by atoms with van der Waals surface area (Å²) < 4.78 is 16.9. The fourth-order valence-electron chi connectivity index (χ4n) is 8.53. The molecular formula is C65H114O6.